The minimum absolute atomic E-state index is 0.0700. The summed E-state index contributed by atoms with van der Waals surface area (Å²) in [5.41, 5.74) is 1.03. The van der Waals surface area contributed by atoms with Crippen molar-refractivity contribution in [2.45, 2.75) is 33.4 Å². The molecule has 114 valence electrons. The Bertz CT molecular complexity index is 563. The van der Waals surface area contributed by atoms with Crippen molar-refractivity contribution >= 4 is 28.6 Å². The summed E-state index contributed by atoms with van der Waals surface area (Å²) in [4.78, 5) is 19.8. The molecule has 0 fully saturated rings. The quantitative estimate of drug-likeness (QED) is 0.851. The van der Waals surface area contributed by atoms with E-state index in [4.69, 9.17) is 0 Å². The van der Waals surface area contributed by atoms with E-state index in [0.29, 0.717) is 13.1 Å². The molecule has 2 aromatic heterocycles. The number of hydrogen-bond acceptors (Lipinski definition) is 5. The molecular weight excluding hydrogens is 302 g/mol. The minimum atomic E-state index is 0.0700. The number of amides is 1. The van der Waals surface area contributed by atoms with E-state index in [0.717, 1.165) is 17.2 Å². The molecule has 0 aliphatic carbocycles. The zero-order valence-corrected chi connectivity index (χ0v) is 14.3. The number of thiophene rings is 1. The number of nitrogens with one attached hydrogen (secondary N) is 1. The predicted molar refractivity (Wildman–Crippen MR) is 89.7 cm³/mol. The van der Waals surface area contributed by atoms with Crippen LogP contribution in [0.5, 0.6) is 0 Å². The first-order chi connectivity index (χ1) is 10.1. The molecular formula is C15H21N3OS2. The van der Waals surface area contributed by atoms with Crippen LogP contribution in [0.3, 0.4) is 0 Å². The van der Waals surface area contributed by atoms with Gasteiger partial charge < -0.3 is 5.32 Å². The summed E-state index contributed by atoms with van der Waals surface area (Å²) >= 11 is 3.36. The lowest BCUT2D eigenvalue weighted by atomic mass is 10.3. The molecule has 1 amide bonds. The summed E-state index contributed by atoms with van der Waals surface area (Å²) in [5, 5.41) is 8.12. The van der Waals surface area contributed by atoms with E-state index in [1.165, 1.54) is 4.88 Å². The molecule has 0 spiro atoms. The molecule has 6 heteroatoms. The number of rotatable bonds is 7. The summed E-state index contributed by atoms with van der Waals surface area (Å²) in [6.45, 7) is 7.97. The van der Waals surface area contributed by atoms with Crippen molar-refractivity contribution in [3.8, 4) is 9.88 Å². The fraction of sp³-hybridized carbons (Fsp3) is 0.467. The third-order valence-corrected chi connectivity index (χ3v) is 4.86. The van der Waals surface area contributed by atoms with E-state index in [2.05, 4.69) is 39.0 Å². The maximum absolute atomic E-state index is 11.8. The minimum Gasteiger partial charge on any atom is -0.353 e. The molecule has 0 atom stereocenters. The molecule has 1 N–H and O–H groups in total. The monoisotopic (exact) mass is 323 g/mol. The Morgan fingerprint density at radius 3 is 2.86 bits per heavy atom. The lowest BCUT2D eigenvalue weighted by molar-refractivity contribution is -0.122. The van der Waals surface area contributed by atoms with Crippen LogP contribution in [0.1, 0.15) is 26.5 Å². The van der Waals surface area contributed by atoms with E-state index in [1.54, 1.807) is 22.7 Å². The van der Waals surface area contributed by atoms with Crippen LogP contribution >= 0.6 is 22.7 Å². The van der Waals surface area contributed by atoms with Crippen molar-refractivity contribution in [3.05, 3.63) is 28.6 Å². The number of carbonyl (C=O) groups excluding carboxylic acids is 1. The first-order valence-corrected chi connectivity index (χ1v) is 8.84. The Balaban J connectivity index is 1.94. The van der Waals surface area contributed by atoms with Gasteiger partial charge in [-0.3, -0.25) is 9.69 Å². The van der Waals surface area contributed by atoms with E-state index in [-0.39, 0.29) is 11.9 Å². The molecule has 21 heavy (non-hydrogen) atoms. The molecule has 0 saturated heterocycles. The number of hydrogen-bond donors (Lipinski definition) is 1. The maximum Gasteiger partial charge on any atom is 0.234 e. The second-order valence-corrected chi connectivity index (χ2v) is 6.95. The van der Waals surface area contributed by atoms with Crippen molar-refractivity contribution in [1.82, 2.24) is 15.2 Å². The van der Waals surface area contributed by atoms with Gasteiger partial charge in [0.15, 0.2) is 0 Å². The lowest BCUT2D eigenvalue weighted by Crippen LogP contribution is -2.39. The SMILES string of the molecule is CCN(CC(=O)NC(C)C)Cc1csc(-c2cccs2)n1. The van der Waals surface area contributed by atoms with Gasteiger partial charge in [0.25, 0.3) is 0 Å². The number of likely N-dealkylation sites (N-methyl/N-ethyl adjacent to an activating group) is 1. The molecule has 2 heterocycles. The molecule has 0 aromatic carbocycles. The molecule has 0 aliphatic rings. The zero-order valence-electron chi connectivity index (χ0n) is 12.6. The number of carbonyl (C=O) groups is 1. The third kappa shape index (κ3) is 4.91. The number of thiazole rings is 1. The number of nitrogens with zero attached hydrogens (tertiary/aromatic N) is 2. The molecule has 0 radical (unpaired) electrons. The smallest absolute Gasteiger partial charge is 0.234 e. The standard InChI is InChI=1S/C15H21N3OS2/c1-4-18(9-14(19)16-11(2)3)8-12-10-21-15(17-12)13-6-5-7-20-13/h5-7,10-11H,4,8-9H2,1-3H3,(H,16,19). The van der Waals surface area contributed by atoms with Gasteiger partial charge in [0, 0.05) is 18.0 Å². The van der Waals surface area contributed by atoms with Crippen molar-refractivity contribution in [3.63, 3.8) is 0 Å². The summed E-state index contributed by atoms with van der Waals surface area (Å²) in [5.74, 6) is 0.0700. The molecule has 2 rings (SSSR count). The number of aromatic nitrogens is 1. The Kier molecular flexibility index (Phi) is 5.90. The summed E-state index contributed by atoms with van der Waals surface area (Å²) in [6.07, 6.45) is 0. The van der Waals surface area contributed by atoms with Crippen molar-refractivity contribution in [2.75, 3.05) is 13.1 Å². The van der Waals surface area contributed by atoms with Crippen molar-refractivity contribution in [2.24, 2.45) is 0 Å². The Morgan fingerprint density at radius 2 is 2.24 bits per heavy atom. The van der Waals surface area contributed by atoms with Crippen LogP contribution in [-0.2, 0) is 11.3 Å². The second kappa shape index (κ2) is 7.68. The van der Waals surface area contributed by atoms with Crippen LogP contribution in [0.25, 0.3) is 9.88 Å². The fourth-order valence-corrected chi connectivity index (χ4v) is 3.60. The van der Waals surface area contributed by atoms with Crippen LogP contribution in [0.2, 0.25) is 0 Å². The van der Waals surface area contributed by atoms with Crippen LogP contribution in [0, 0.1) is 0 Å². The predicted octanol–water partition coefficient (Wildman–Crippen LogP) is 3.22. The highest BCUT2D eigenvalue weighted by molar-refractivity contribution is 7.20. The molecule has 0 unspecified atom stereocenters. The Labute approximate surface area is 133 Å². The maximum atomic E-state index is 11.8. The van der Waals surface area contributed by atoms with Gasteiger partial charge in [-0.15, -0.1) is 22.7 Å². The van der Waals surface area contributed by atoms with Crippen molar-refractivity contribution in [1.29, 1.82) is 0 Å². The van der Waals surface area contributed by atoms with Crippen LogP contribution in [0.15, 0.2) is 22.9 Å². The lowest BCUT2D eigenvalue weighted by Gasteiger charge is -2.19. The first-order valence-electron chi connectivity index (χ1n) is 7.08. The normalized spacial score (nSPS) is 11.3. The highest BCUT2D eigenvalue weighted by Crippen LogP contribution is 2.28. The van der Waals surface area contributed by atoms with Crippen LogP contribution in [0.4, 0.5) is 0 Å². The average molecular weight is 323 g/mol. The Morgan fingerprint density at radius 1 is 1.43 bits per heavy atom. The largest absolute Gasteiger partial charge is 0.353 e. The molecule has 2 aromatic rings. The summed E-state index contributed by atoms with van der Waals surface area (Å²) < 4.78 is 0. The van der Waals surface area contributed by atoms with Crippen LogP contribution < -0.4 is 5.32 Å². The van der Waals surface area contributed by atoms with E-state index in [1.807, 2.05) is 19.9 Å². The topological polar surface area (TPSA) is 45.2 Å². The van der Waals surface area contributed by atoms with Gasteiger partial charge in [-0.05, 0) is 31.8 Å². The zero-order chi connectivity index (χ0) is 15.2. The highest BCUT2D eigenvalue weighted by atomic mass is 32.1. The van der Waals surface area contributed by atoms with Gasteiger partial charge in [-0.25, -0.2) is 4.98 Å². The second-order valence-electron chi connectivity index (χ2n) is 5.15. The van der Waals surface area contributed by atoms with Gasteiger partial charge in [0.05, 0.1) is 17.1 Å². The molecule has 0 aliphatic heterocycles. The van der Waals surface area contributed by atoms with E-state index >= 15 is 0 Å². The van der Waals surface area contributed by atoms with E-state index < -0.39 is 0 Å². The van der Waals surface area contributed by atoms with Gasteiger partial charge in [0.2, 0.25) is 5.91 Å². The first kappa shape index (κ1) is 16.1. The summed E-state index contributed by atoms with van der Waals surface area (Å²) in [7, 11) is 0. The Hall–Kier alpha value is -1.24. The van der Waals surface area contributed by atoms with Crippen LogP contribution in [-0.4, -0.2) is 34.9 Å². The third-order valence-electron chi connectivity index (χ3n) is 2.93. The average Bonchev–Trinajstić information content (AvgIpc) is 3.07. The van der Waals surface area contributed by atoms with Crippen molar-refractivity contribution < 1.29 is 4.79 Å². The van der Waals surface area contributed by atoms with Gasteiger partial charge >= 0.3 is 0 Å². The summed E-state index contributed by atoms with van der Waals surface area (Å²) in [6, 6.07) is 4.30. The molecule has 0 bridgehead atoms. The van der Waals surface area contributed by atoms with Gasteiger partial charge in [-0.1, -0.05) is 13.0 Å². The highest BCUT2D eigenvalue weighted by Gasteiger charge is 2.13. The van der Waals surface area contributed by atoms with E-state index in [9.17, 15) is 4.79 Å². The van der Waals surface area contributed by atoms with Gasteiger partial charge in [0.1, 0.15) is 5.01 Å². The fourth-order valence-electron chi connectivity index (χ4n) is 1.97. The molecule has 4 nitrogen and oxygen atoms in total. The molecule has 0 saturated carbocycles. The van der Waals surface area contributed by atoms with Gasteiger partial charge in [-0.2, -0.15) is 0 Å².